The van der Waals surface area contributed by atoms with E-state index in [0.29, 0.717) is 28.7 Å². The van der Waals surface area contributed by atoms with Crippen LogP contribution in [0.15, 0.2) is 29.2 Å². The van der Waals surface area contributed by atoms with Gasteiger partial charge >= 0.3 is 0 Å². The van der Waals surface area contributed by atoms with Gasteiger partial charge < -0.3 is 5.32 Å². The van der Waals surface area contributed by atoms with Gasteiger partial charge in [0.1, 0.15) is 0 Å². The van der Waals surface area contributed by atoms with Crippen LogP contribution in [0.5, 0.6) is 0 Å². The highest BCUT2D eigenvalue weighted by Gasteiger charge is 2.26. The molecule has 0 atom stereocenters. The van der Waals surface area contributed by atoms with Gasteiger partial charge in [-0.25, -0.2) is 8.42 Å². The number of benzene rings is 1. The van der Waals surface area contributed by atoms with Gasteiger partial charge in [-0.05, 0) is 61.9 Å². The number of anilines is 1. The predicted molar refractivity (Wildman–Crippen MR) is 113 cm³/mol. The van der Waals surface area contributed by atoms with Gasteiger partial charge in [0.05, 0.1) is 20.5 Å². The van der Waals surface area contributed by atoms with Crippen LogP contribution in [0.2, 0.25) is 5.02 Å². The van der Waals surface area contributed by atoms with Crippen molar-refractivity contribution in [3.05, 3.63) is 44.6 Å². The summed E-state index contributed by atoms with van der Waals surface area (Å²) in [5, 5.41) is 3.13. The minimum Gasteiger partial charge on any atom is -0.320 e. The number of nitrogens with zero attached hydrogens (tertiary/aromatic N) is 1. The summed E-state index contributed by atoms with van der Waals surface area (Å²) in [6, 6.07) is 6.46. The lowest BCUT2D eigenvalue weighted by molar-refractivity contribution is 0.103. The summed E-state index contributed by atoms with van der Waals surface area (Å²) >= 11 is 7.75. The second kappa shape index (κ2) is 8.14. The molecule has 1 aromatic heterocycles. The maximum atomic E-state index is 13.0. The summed E-state index contributed by atoms with van der Waals surface area (Å²) in [5.74, 6) is -0.245. The van der Waals surface area contributed by atoms with E-state index in [1.165, 1.54) is 40.0 Å². The zero-order valence-electron chi connectivity index (χ0n) is 15.5. The number of hydrogen-bond donors (Lipinski definition) is 1. The Morgan fingerprint density at radius 1 is 1.04 bits per heavy atom. The minimum absolute atomic E-state index is 0.169. The smallest absolute Gasteiger partial charge is 0.265 e. The van der Waals surface area contributed by atoms with Crippen LogP contribution in [0.1, 0.15) is 52.2 Å². The summed E-state index contributed by atoms with van der Waals surface area (Å²) < 4.78 is 27.6. The summed E-state index contributed by atoms with van der Waals surface area (Å²) in [6.45, 7) is 1.07. The Labute approximate surface area is 174 Å². The SMILES string of the molecule is O=C(Nc1cc(S(=O)(=O)N2CCCCCC2)ccc1Cl)c1cc2c(s1)CCC2. The van der Waals surface area contributed by atoms with Gasteiger partial charge in [-0.3, -0.25) is 4.79 Å². The van der Waals surface area contributed by atoms with Crippen LogP contribution in [0.4, 0.5) is 5.69 Å². The van der Waals surface area contributed by atoms with E-state index in [4.69, 9.17) is 11.6 Å². The van der Waals surface area contributed by atoms with E-state index in [0.717, 1.165) is 44.9 Å². The fraction of sp³-hybridized carbons (Fsp3) is 0.450. The molecule has 0 bridgehead atoms. The first kappa shape index (κ1) is 19.9. The molecule has 8 heteroatoms. The maximum Gasteiger partial charge on any atom is 0.265 e. The Bertz CT molecular complexity index is 971. The van der Waals surface area contributed by atoms with Crippen molar-refractivity contribution >= 4 is 44.6 Å². The maximum absolute atomic E-state index is 13.0. The molecule has 5 nitrogen and oxygen atoms in total. The van der Waals surface area contributed by atoms with Gasteiger partial charge in [-0.15, -0.1) is 11.3 Å². The lowest BCUT2D eigenvalue weighted by atomic mass is 10.2. The number of sulfonamides is 1. The molecule has 150 valence electrons. The molecule has 1 N–H and O–H groups in total. The number of carbonyl (C=O) groups excluding carboxylic acids is 1. The third-order valence-electron chi connectivity index (χ3n) is 5.36. The summed E-state index contributed by atoms with van der Waals surface area (Å²) in [4.78, 5) is 14.7. The van der Waals surface area contributed by atoms with E-state index in [1.54, 1.807) is 4.31 Å². The van der Waals surface area contributed by atoms with Crippen molar-refractivity contribution in [1.82, 2.24) is 4.31 Å². The summed E-state index contributed by atoms with van der Waals surface area (Å²) in [6.07, 6.45) is 7.04. The standard InChI is InChI=1S/C20H23ClN2O3S2/c21-16-9-8-15(28(25,26)23-10-3-1-2-4-11-23)13-17(16)22-20(24)19-12-14-6-5-7-18(14)27-19/h8-9,12-13H,1-7,10-11H2,(H,22,24). The first-order valence-electron chi connectivity index (χ1n) is 9.68. The normalized spacial score (nSPS) is 17.9. The molecule has 1 fully saturated rings. The van der Waals surface area contributed by atoms with Gasteiger partial charge in [-0.1, -0.05) is 24.4 Å². The summed E-state index contributed by atoms with van der Waals surface area (Å²) in [7, 11) is -3.60. The molecule has 1 amide bonds. The molecule has 0 spiro atoms. The molecule has 2 aromatic rings. The van der Waals surface area contributed by atoms with Crippen LogP contribution < -0.4 is 5.32 Å². The van der Waals surface area contributed by atoms with E-state index in [2.05, 4.69) is 5.32 Å². The number of halogens is 1. The topological polar surface area (TPSA) is 66.5 Å². The van der Waals surface area contributed by atoms with E-state index >= 15 is 0 Å². The molecule has 1 aliphatic heterocycles. The lowest BCUT2D eigenvalue weighted by Gasteiger charge is -2.20. The molecule has 1 aromatic carbocycles. The van der Waals surface area contributed by atoms with Crippen LogP contribution in [0, 0.1) is 0 Å². The number of thiophene rings is 1. The Morgan fingerprint density at radius 3 is 2.50 bits per heavy atom. The first-order valence-corrected chi connectivity index (χ1v) is 12.3. The number of hydrogen-bond acceptors (Lipinski definition) is 4. The van der Waals surface area contributed by atoms with Crippen molar-refractivity contribution in [2.24, 2.45) is 0 Å². The van der Waals surface area contributed by atoms with Gasteiger partial charge in [0, 0.05) is 18.0 Å². The number of nitrogens with one attached hydrogen (secondary N) is 1. The fourth-order valence-corrected chi connectivity index (χ4v) is 6.67. The molecule has 4 rings (SSSR count). The molecule has 2 heterocycles. The Balaban J connectivity index is 1.57. The van der Waals surface area contributed by atoms with Gasteiger partial charge in [0.25, 0.3) is 5.91 Å². The second-order valence-electron chi connectivity index (χ2n) is 7.33. The van der Waals surface area contributed by atoms with Crippen LogP contribution in [-0.2, 0) is 22.9 Å². The van der Waals surface area contributed by atoms with Crippen molar-refractivity contribution in [3.63, 3.8) is 0 Å². The van der Waals surface area contributed by atoms with Crippen molar-refractivity contribution in [1.29, 1.82) is 0 Å². The van der Waals surface area contributed by atoms with Gasteiger partial charge in [0.15, 0.2) is 0 Å². The van der Waals surface area contributed by atoms with E-state index in [9.17, 15) is 13.2 Å². The largest absolute Gasteiger partial charge is 0.320 e. The average molecular weight is 439 g/mol. The number of aryl methyl sites for hydroxylation is 2. The Hall–Kier alpha value is -1.41. The van der Waals surface area contributed by atoms with Gasteiger partial charge in [-0.2, -0.15) is 4.31 Å². The highest BCUT2D eigenvalue weighted by atomic mass is 35.5. The van der Waals surface area contributed by atoms with E-state index in [1.807, 2.05) is 6.07 Å². The first-order chi connectivity index (χ1) is 13.4. The highest BCUT2D eigenvalue weighted by molar-refractivity contribution is 7.89. The van der Waals surface area contributed by atoms with Crippen molar-refractivity contribution in [2.75, 3.05) is 18.4 Å². The third kappa shape index (κ3) is 3.99. The zero-order valence-corrected chi connectivity index (χ0v) is 17.9. The number of rotatable bonds is 4. The third-order valence-corrected chi connectivity index (χ3v) is 8.82. The van der Waals surface area contributed by atoms with E-state index in [-0.39, 0.29) is 10.8 Å². The predicted octanol–water partition coefficient (Wildman–Crippen LogP) is 4.71. The molecule has 1 saturated heterocycles. The number of fused-ring (bicyclic) bond motifs is 1. The Kier molecular flexibility index (Phi) is 5.78. The number of amides is 1. The molecule has 0 saturated carbocycles. The fourth-order valence-electron chi connectivity index (χ4n) is 3.82. The van der Waals surface area contributed by atoms with E-state index < -0.39 is 10.0 Å². The molecular weight excluding hydrogens is 416 g/mol. The van der Waals surface area contributed by atoms with Crippen LogP contribution in [-0.4, -0.2) is 31.7 Å². The van der Waals surface area contributed by atoms with Crippen LogP contribution >= 0.6 is 22.9 Å². The highest BCUT2D eigenvalue weighted by Crippen LogP contribution is 2.32. The quantitative estimate of drug-likeness (QED) is 0.751. The summed E-state index contributed by atoms with van der Waals surface area (Å²) in [5.41, 5.74) is 1.58. The molecule has 0 radical (unpaired) electrons. The van der Waals surface area contributed by atoms with Crippen molar-refractivity contribution < 1.29 is 13.2 Å². The zero-order chi connectivity index (χ0) is 19.7. The molecule has 2 aliphatic rings. The molecular formula is C20H23ClN2O3S2. The second-order valence-corrected chi connectivity index (χ2v) is 10.8. The Morgan fingerprint density at radius 2 is 1.79 bits per heavy atom. The average Bonchev–Trinajstić information content (AvgIpc) is 3.15. The van der Waals surface area contributed by atoms with Gasteiger partial charge in [0.2, 0.25) is 10.0 Å². The van der Waals surface area contributed by atoms with Crippen molar-refractivity contribution in [3.8, 4) is 0 Å². The van der Waals surface area contributed by atoms with Crippen LogP contribution in [0.3, 0.4) is 0 Å². The van der Waals surface area contributed by atoms with Crippen LogP contribution in [0.25, 0.3) is 0 Å². The minimum atomic E-state index is -3.60. The number of carbonyl (C=O) groups is 1. The molecule has 0 unspecified atom stereocenters. The lowest BCUT2D eigenvalue weighted by Crippen LogP contribution is -2.32. The molecule has 1 aliphatic carbocycles. The van der Waals surface area contributed by atoms with Crippen molar-refractivity contribution in [2.45, 2.75) is 49.8 Å². The molecule has 28 heavy (non-hydrogen) atoms. The monoisotopic (exact) mass is 438 g/mol.